The van der Waals surface area contributed by atoms with E-state index in [-0.39, 0.29) is 5.75 Å². The summed E-state index contributed by atoms with van der Waals surface area (Å²) in [6, 6.07) is 13.2. The van der Waals surface area contributed by atoms with E-state index < -0.39 is 0 Å². The van der Waals surface area contributed by atoms with Crippen LogP contribution in [0.3, 0.4) is 0 Å². The lowest BCUT2D eigenvalue weighted by atomic mass is 10.0. The van der Waals surface area contributed by atoms with Crippen molar-refractivity contribution in [2.75, 3.05) is 20.1 Å². The number of carbonyl (C=O) groups is 2. The number of nitrogens with one attached hydrogen (secondary N) is 2. The number of nitrogens with zero attached hydrogens (tertiary/aromatic N) is 1. The molecule has 5 N–H and O–H groups in total. The van der Waals surface area contributed by atoms with Crippen molar-refractivity contribution < 1.29 is 14.7 Å². The number of hydrogen-bond donors (Lipinski definition) is 4. The number of benzene rings is 2. The van der Waals surface area contributed by atoms with Gasteiger partial charge in [0.25, 0.3) is 0 Å². The first-order valence-corrected chi connectivity index (χ1v) is 9.59. The molecule has 0 aromatic heterocycles. The van der Waals surface area contributed by atoms with Gasteiger partial charge in [-0.25, -0.2) is 0 Å². The number of aryl methyl sites for hydroxylation is 2. The zero-order valence-electron chi connectivity index (χ0n) is 17.7. The number of rotatable bonds is 9. The van der Waals surface area contributed by atoms with Crippen molar-refractivity contribution in [2.24, 2.45) is 10.7 Å². The second kappa shape index (κ2) is 13.7. The van der Waals surface area contributed by atoms with Gasteiger partial charge in [0, 0.05) is 24.9 Å². The highest BCUT2D eigenvalue weighted by Crippen LogP contribution is 2.20. The number of phenols is 1. The molecule has 7 heteroatoms. The molecule has 0 unspecified atom stereocenters. The summed E-state index contributed by atoms with van der Waals surface area (Å²) in [5, 5.41) is 14.9. The Morgan fingerprint density at radius 2 is 1.87 bits per heavy atom. The van der Waals surface area contributed by atoms with Crippen LogP contribution in [0.5, 0.6) is 5.75 Å². The molecule has 0 atom stereocenters. The Labute approximate surface area is 177 Å². The standard InChI is InChI=1S/C19H20N2O2.C4H10N2O/c1-13-5-4-6-15(9-13)18(21-12-22)11-17(20-3)16-7-8-19(23)14(2)10-16;5-2-1-3-6-4-7/h4-12,23H,1-3H3,(H,21,22);4H,1-3,5H2,(H,6,7)/b18-11-,20-17?;. The van der Waals surface area contributed by atoms with Gasteiger partial charge in [0.1, 0.15) is 5.75 Å². The first-order valence-electron chi connectivity index (χ1n) is 9.59. The number of allylic oxidation sites excluding steroid dienone is 1. The van der Waals surface area contributed by atoms with Gasteiger partial charge in [0.05, 0.1) is 5.71 Å². The molecule has 0 saturated heterocycles. The predicted octanol–water partition coefficient (Wildman–Crippen LogP) is 2.30. The molecule has 160 valence electrons. The summed E-state index contributed by atoms with van der Waals surface area (Å²) in [5.74, 6) is 0.248. The van der Waals surface area contributed by atoms with Gasteiger partial charge in [0.2, 0.25) is 12.8 Å². The van der Waals surface area contributed by atoms with E-state index in [2.05, 4.69) is 15.6 Å². The number of aromatic hydroxyl groups is 1. The predicted molar refractivity (Wildman–Crippen MR) is 121 cm³/mol. The zero-order valence-corrected chi connectivity index (χ0v) is 17.7. The molecule has 0 aliphatic rings. The van der Waals surface area contributed by atoms with Crippen LogP contribution in [-0.4, -0.2) is 43.8 Å². The van der Waals surface area contributed by atoms with E-state index in [1.807, 2.05) is 50.3 Å². The second-order valence-electron chi connectivity index (χ2n) is 6.51. The summed E-state index contributed by atoms with van der Waals surface area (Å²) in [5.41, 5.74) is 10.2. The summed E-state index contributed by atoms with van der Waals surface area (Å²) < 4.78 is 0. The van der Waals surface area contributed by atoms with Gasteiger partial charge in [0.15, 0.2) is 0 Å². The van der Waals surface area contributed by atoms with Crippen LogP contribution in [0, 0.1) is 13.8 Å². The highest BCUT2D eigenvalue weighted by molar-refractivity contribution is 6.12. The van der Waals surface area contributed by atoms with Crippen LogP contribution >= 0.6 is 0 Å². The molecule has 30 heavy (non-hydrogen) atoms. The molecule has 0 aliphatic heterocycles. The van der Waals surface area contributed by atoms with E-state index in [4.69, 9.17) is 5.73 Å². The maximum atomic E-state index is 11.0. The Morgan fingerprint density at radius 3 is 2.43 bits per heavy atom. The topological polar surface area (TPSA) is 117 Å². The van der Waals surface area contributed by atoms with Crippen LogP contribution in [0.25, 0.3) is 5.70 Å². The van der Waals surface area contributed by atoms with Crippen molar-refractivity contribution in [3.63, 3.8) is 0 Å². The van der Waals surface area contributed by atoms with Crippen LogP contribution in [0.1, 0.15) is 28.7 Å². The number of amides is 2. The average molecular weight is 411 g/mol. The van der Waals surface area contributed by atoms with Crippen molar-refractivity contribution in [2.45, 2.75) is 20.3 Å². The minimum atomic E-state index is 0.248. The molecule has 0 fully saturated rings. The monoisotopic (exact) mass is 410 g/mol. The summed E-state index contributed by atoms with van der Waals surface area (Å²) in [6.07, 6.45) is 4.02. The van der Waals surface area contributed by atoms with Gasteiger partial charge in [-0.1, -0.05) is 23.8 Å². The maximum absolute atomic E-state index is 11.0. The maximum Gasteiger partial charge on any atom is 0.211 e. The van der Waals surface area contributed by atoms with Crippen LogP contribution in [0.15, 0.2) is 53.5 Å². The normalized spacial score (nSPS) is 11.2. The third kappa shape index (κ3) is 8.28. The first kappa shape index (κ1) is 24.6. The second-order valence-corrected chi connectivity index (χ2v) is 6.51. The quantitative estimate of drug-likeness (QED) is 0.288. The van der Waals surface area contributed by atoms with Crippen LogP contribution in [-0.2, 0) is 9.59 Å². The summed E-state index contributed by atoms with van der Waals surface area (Å²) >= 11 is 0. The van der Waals surface area contributed by atoms with Crippen LogP contribution < -0.4 is 16.4 Å². The van der Waals surface area contributed by atoms with Gasteiger partial charge in [-0.2, -0.15) is 0 Å². The molecule has 0 heterocycles. The molecule has 2 rings (SSSR count). The lowest BCUT2D eigenvalue weighted by Gasteiger charge is -2.10. The number of phenolic OH excluding ortho intramolecular Hbond substituents is 1. The molecular weight excluding hydrogens is 380 g/mol. The van der Waals surface area contributed by atoms with Crippen molar-refractivity contribution >= 4 is 24.2 Å². The highest BCUT2D eigenvalue weighted by Gasteiger charge is 2.07. The van der Waals surface area contributed by atoms with E-state index in [1.165, 1.54) is 0 Å². The summed E-state index contributed by atoms with van der Waals surface area (Å²) in [4.78, 5) is 24.8. The number of aliphatic imine (C=N–C) groups is 1. The molecule has 0 spiro atoms. The van der Waals surface area contributed by atoms with Gasteiger partial charge in [-0.3, -0.25) is 14.6 Å². The number of hydrogen-bond acceptors (Lipinski definition) is 5. The fourth-order valence-electron chi connectivity index (χ4n) is 2.58. The molecule has 0 saturated carbocycles. The van der Waals surface area contributed by atoms with Crippen LogP contribution in [0.4, 0.5) is 0 Å². The van der Waals surface area contributed by atoms with Crippen LogP contribution in [0.2, 0.25) is 0 Å². The lowest BCUT2D eigenvalue weighted by Crippen LogP contribution is -2.15. The molecule has 0 aliphatic carbocycles. The third-order valence-electron chi connectivity index (χ3n) is 4.17. The Hall–Kier alpha value is -3.45. The van der Waals surface area contributed by atoms with Gasteiger partial charge < -0.3 is 21.5 Å². The van der Waals surface area contributed by atoms with Crippen molar-refractivity contribution in [1.29, 1.82) is 0 Å². The smallest absolute Gasteiger partial charge is 0.211 e. The Bertz CT molecular complexity index is 892. The molecule has 0 radical (unpaired) electrons. The molecule has 0 bridgehead atoms. The first-order chi connectivity index (χ1) is 14.5. The van der Waals surface area contributed by atoms with Gasteiger partial charge >= 0.3 is 0 Å². The number of nitrogens with two attached hydrogens (primary N) is 1. The summed E-state index contributed by atoms with van der Waals surface area (Å²) in [7, 11) is 1.70. The average Bonchev–Trinajstić information content (AvgIpc) is 2.74. The van der Waals surface area contributed by atoms with Crippen molar-refractivity contribution in [1.82, 2.24) is 10.6 Å². The minimum Gasteiger partial charge on any atom is -0.508 e. The SMILES string of the molecule is CN=C(/C=C(\NC=O)c1cccc(C)c1)c1ccc(O)c(C)c1.NCCCNC=O. The molecule has 2 amide bonds. The molecular formula is C23H30N4O3. The van der Waals surface area contributed by atoms with E-state index in [1.54, 1.807) is 19.2 Å². The molecule has 2 aromatic carbocycles. The Kier molecular flexibility index (Phi) is 11.2. The van der Waals surface area contributed by atoms with E-state index in [0.717, 1.165) is 34.4 Å². The fraction of sp³-hybridized carbons (Fsp3) is 0.261. The molecule has 7 nitrogen and oxygen atoms in total. The fourth-order valence-corrected chi connectivity index (χ4v) is 2.58. The Balaban J connectivity index is 0.000000553. The zero-order chi connectivity index (χ0) is 22.4. The van der Waals surface area contributed by atoms with E-state index >= 15 is 0 Å². The number of carbonyl (C=O) groups excluding carboxylic acids is 2. The Morgan fingerprint density at radius 1 is 1.10 bits per heavy atom. The van der Waals surface area contributed by atoms with Gasteiger partial charge in [-0.05, 0) is 68.3 Å². The summed E-state index contributed by atoms with van der Waals surface area (Å²) in [6.45, 7) is 5.17. The molecule has 2 aromatic rings. The van der Waals surface area contributed by atoms with Crippen molar-refractivity contribution in [3.05, 3.63) is 70.8 Å². The van der Waals surface area contributed by atoms with Gasteiger partial charge in [-0.15, -0.1) is 0 Å². The lowest BCUT2D eigenvalue weighted by molar-refractivity contribution is -0.109. The minimum absolute atomic E-state index is 0.248. The van der Waals surface area contributed by atoms with E-state index in [0.29, 0.717) is 31.6 Å². The van der Waals surface area contributed by atoms with Crippen molar-refractivity contribution in [3.8, 4) is 5.75 Å². The highest BCUT2D eigenvalue weighted by atomic mass is 16.3. The largest absolute Gasteiger partial charge is 0.508 e. The third-order valence-corrected chi connectivity index (χ3v) is 4.17. The van der Waals surface area contributed by atoms with E-state index in [9.17, 15) is 14.7 Å².